The van der Waals surface area contributed by atoms with Gasteiger partial charge in [-0.05, 0) is 18.4 Å². The van der Waals surface area contributed by atoms with Gasteiger partial charge in [0.05, 0.1) is 13.2 Å². The van der Waals surface area contributed by atoms with Crippen LogP contribution in [0.2, 0.25) is 0 Å². The third-order valence-corrected chi connectivity index (χ3v) is 1.66. The second-order valence-corrected chi connectivity index (χ2v) is 2.32. The van der Waals surface area contributed by atoms with Crippen LogP contribution in [0, 0.1) is 0 Å². The number of hydrogen-bond donors (Lipinski definition) is 1. The molecule has 0 aromatic carbocycles. The molecule has 2 N–H and O–H groups in total. The first kappa shape index (κ1) is 10.9. The van der Waals surface area contributed by atoms with Gasteiger partial charge in [-0.3, -0.25) is 0 Å². The van der Waals surface area contributed by atoms with Gasteiger partial charge in [0.25, 0.3) is 0 Å². The summed E-state index contributed by atoms with van der Waals surface area (Å²) in [6, 6.07) is 0. The van der Waals surface area contributed by atoms with E-state index in [1.165, 1.54) is 0 Å². The molecule has 1 fully saturated rings. The lowest BCUT2D eigenvalue weighted by Gasteiger charge is -2.14. The lowest BCUT2D eigenvalue weighted by Crippen LogP contribution is -2.11. The fourth-order valence-corrected chi connectivity index (χ4v) is 1.03. The standard InChI is InChI=1S/C7H12FNO.ClH/c8-7(5-9)6-1-3-10-4-2-6;/h1-5,9H2;1H. The third kappa shape index (κ3) is 3.18. The Morgan fingerprint density at radius 2 is 2.00 bits per heavy atom. The number of rotatable bonds is 1. The Hall–Kier alpha value is -0.120. The molecule has 0 radical (unpaired) electrons. The van der Waals surface area contributed by atoms with Crippen LogP contribution in [0.15, 0.2) is 11.4 Å². The van der Waals surface area contributed by atoms with E-state index >= 15 is 0 Å². The Morgan fingerprint density at radius 1 is 1.45 bits per heavy atom. The Balaban J connectivity index is 0.000001000. The van der Waals surface area contributed by atoms with Gasteiger partial charge in [0.2, 0.25) is 0 Å². The predicted octanol–water partition coefficient (Wildman–Crippen LogP) is 1.40. The molecular weight excluding hydrogens is 169 g/mol. The van der Waals surface area contributed by atoms with Gasteiger partial charge in [0.1, 0.15) is 5.83 Å². The molecule has 0 aliphatic carbocycles. The maximum Gasteiger partial charge on any atom is 0.113 e. The molecule has 1 saturated heterocycles. The van der Waals surface area contributed by atoms with Crippen LogP contribution in [0.3, 0.4) is 0 Å². The first-order valence-corrected chi connectivity index (χ1v) is 3.49. The molecule has 0 atom stereocenters. The van der Waals surface area contributed by atoms with E-state index in [1.54, 1.807) is 0 Å². The molecule has 0 bridgehead atoms. The normalized spacial score (nSPS) is 17.5. The number of ether oxygens (including phenoxy) is 1. The average molecular weight is 182 g/mol. The molecule has 1 rings (SSSR count). The van der Waals surface area contributed by atoms with Gasteiger partial charge in [0, 0.05) is 6.54 Å². The molecule has 4 heteroatoms. The Bertz CT molecular complexity index is 141. The van der Waals surface area contributed by atoms with E-state index < -0.39 is 0 Å². The van der Waals surface area contributed by atoms with Crippen molar-refractivity contribution in [3.8, 4) is 0 Å². The van der Waals surface area contributed by atoms with Crippen molar-refractivity contribution in [3.63, 3.8) is 0 Å². The number of halogens is 2. The van der Waals surface area contributed by atoms with Crippen molar-refractivity contribution >= 4 is 12.4 Å². The number of nitrogens with two attached hydrogens (primary N) is 1. The fourth-order valence-electron chi connectivity index (χ4n) is 1.03. The summed E-state index contributed by atoms with van der Waals surface area (Å²) in [6.45, 7) is 1.32. The summed E-state index contributed by atoms with van der Waals surface area (Å²) in [5.41, 5.74) is 5.97. The average Bonchev–Trinajstić information content (AvgIpc) is 2.05. The van der Waals surface area contributed by atoms with Crippen molar-refractivity contribution in [2.75, 3.05) is 19.8 Å². The van der Waals surface area contributed by atoms with Gasteiger partial charge >= 0.3 is 0 Å². The van der Waals surface area contributed by atoms with Crippen molar-refractivity contribution in [1.82, 2.24) is 0 Å². The maximum absolute atomic E-state index is 12.7. The van der Waals surface area contributed by atoms with Crippen LogP contribution in [0.25, 0.3) is 0 Å². The quantitative estimate of drug-likeness (QED) is 0.664. The van der Waals surface area contributed by atoms with Gasteiger partial charge in [-0.1, -0.05) is 0 Å². The highest BCUT2D eigenvalue weighted by Crippen LogP contribution is 2.17. The van der Waals surface area contributed by atoms with Crippen LogP contribution < -0.4 is 5.73 Å². The molecule has 0 aromatic rings. The minimum Gasteiger partial charge on any atom is -0.381 e. The van der Waals surface area contributed by atoms with E-state index in [4.69, 9.17) is 10.5 Å². The molecule has 0 aromatic heterocycles. The van der Waals surface area contributed by atoms with E-state index in [-0.39, 0.29) is 24.8 Å². The molecule has 2 nitrogen and oxygen atoms in total. The van der Waals surface area contributed by atoms with E-state index in [9.17, 15) is 4.39 Å². The molecule has 0 saturated carbocycles. The summed E-state index contributed by atoms with van der Waals surface area (Å²) < 4.78 is 17.8. The topological polar surface area (TPSA) is 35.2 Å². The summed E-state index contributed by atoms with van der Waals surface area (Å²) in [6.07, 6.45) is 1.42. The zero-order chi connectivity index (χ0) is 7.40. The second kappa shape index (κ2) is 5.52. The third-order valence-electron chi connectivity index (χ3n) is 1.66. The van der Waals surface area contributed by atoms with E-state index in [1.807, 2.05) is 0 Å². The van der Waals surface area contributed by atoms with Crippen molar-refractivity contribution in [2.24, 2.45) is 5.73 Å². The fraction of sp³-hybridized carbons (Fsp3) is 0.714. The van der Waals surface area contributed by atoms with E-state index in [0.717, 1.165) is 5.57 Å². The molecule has 11 heavy (non-hydrogen) atoms. The van der Waals surface area contributed by atoms with Gasteiger partial charge < -0.3 is 10.5 Å². The zero-order valence-corrected chi connectivity index (χ0v) is 7.12. The summed E-state index contributed by atoms with van der Waals surface area (Å²) in [4.78, 5) is 0. The highest BCUT2D eigenvalue weighted by molar-refractivity contribution is 5.85. The highest BCUT2D eigenvalue weighted by atomic mass is 35.5. The van der Waals surface area contributed by atoms with Crippen LogP contribution in [-0.4, -0.2) is 19.8 Å². The van der Waals surface area contributed by atoms with Crippen molar-refractivity contribution in [2.45, 2.75) is 12.8 Å². The SMILES string of the molecule is Cl.NCC(F)=C1CCOCC1. The zero-order valence-electron chi connectivity index (χ0n) is 6.31. The van der Waals surface area contributed by atoms with Crippen molar-refractivity contribution in [3.05, 3.63) is 11.4 Å². The minimum atomic E-state index is -0.150. The molecular formula is C7H13ClFNO. The Labute approximate surface area is 72.0 Å². The molecule has 1 heterocycles. The lowest BCUT2D eigenvalue weighted by molar-refractivity contribution is 0.117. The molecule has 66 valence electrons. The second-order valence-electron chi connectivity index (χ2n) is 2.32. The van der Waals surface area contributed by atoms with Gasteiger partial charge in [-0.2, -0.15) is 0 Å². The first-order valence-electron chi connectivity index (χ1n) is 3.49. The molecule has 0 spiro atoms. The van der Waals surface area contributed by atoms with Gasteiger partial charge in [-0.15, -0.1) is 12.4 Å². The predicted molar refractivity (Wildman–Crippen MR) is 44.5 cm³/mol. The summed E-state index contributed by atoms with van der Waals surface area (Å²) in [7, 11) is 0. The van der Waals surface area contributed by atoms with Gasteiger partial charge in [0.15, 0.2) is 0 Å². The van der Waals surface area contributed by atoms with Crippen LogP contribution in [0.5, 0.6) is 0 Å². The molecule has 0 unspecified atom stereocenters. The monoisotopic (exact) mass is 181 g/mol. The maximum atomic E-state index is 12.7. The van der Waals surface area contributed by atoms with E-state index in [2.05, 4.69) is 0 Å². The minimum absolute atomic E-state index is 0. The Morgan fingerprint density at radius 3 is 2.45 bits per heavy atom. The molecule has 1 aliphatic rings. The van der Waals surface area contributed by atoms with Crippen LogP contribution >= 0.6 is 12.4 Å². The van der Waals surface area contributed by atoms with Crippen LogP contribution in [0.1, 0.15) is 12.8 Å². The highest BCUT2D eigenvalue weighted by Gasteiger charge is 2.09. The van der Waals surface area contributed by atoms with Gasteiger partial charge in [-0.25, -0.2) is 4.39 Å². The molecule has 0 amide bonds. The summed E-state index contributed by atoms with van der Waals surface area (Å²) in [5, 5.41) is 0. The van der Waals surface area contributed by atoms with Crippen molar-refractivity contribution in [1.29, 1.82) is 0 Å². The smallest absolute Gasteiger partial charge is 0.113 e. The first-order chi connectivity index (χ1) is 4.84. The largest absolute Gasteiger partial charge is 0.381 e. The van der Waals surface area contributed by atoms with E-state index in [0.29, 0.717) is 26.1 Å². The number of hydrogen-bond acceptors (Lipinski definition) is 2. The Kier molecular flexibility index (Phi) is 5.46. The van der Waals surface area contributed by atoms with Crippen molar-refractivity contribution < 1.29 is 9.13 Å². The molecule has 1 aliphatic heterocycles. The summed E-state index contributed by atoms with van der Waals surface area (Å²) in [5.74, 6) is -0.150. The van der Waals surface area contributed by atoms with Crippen LogP contribution in [0.4, 0.5) is 4.39 Å². The van der Waals surface area contributed by atoms with Crippen LogP contribution in [-0.2, 0) is 4.74 Å². The lowest BCUT2D eigenvalue weighted by atomic mass is 10.1. The summed E-state index contributed by atoms with van der Waals surface area (Å²) >= 11 is 0.